The van der Waals surface area contributed by atoms with Gasteiger partial charge in [-0.2, -0.15) is 5.26 Å². The molecule has 0 heterocycles. The summed E-state index contributed by atoms with van der Waals surface area (Å²) in [5.41, 5.74) is 1.24. The van der Waals surface area contributed by atoms with E-state index in [2.05, 4.69) is 0 Å². The van der Waals surface area contributed by atoms with Crippen molar-refractivity contribution in [3.63, 3.8) is 0 Å². The van der Waals surface area contributed by atoms with Crippen LogP contribution in [0.15, 0.2) is 18.2 Å². The van der Waals surface area contributed by atoms with Gasteiger partial charge in [0.05, 0.1) is 10.6 Å². The van der Waals surface area contributed by atoms with Crippen molar-refractivity contribution in [3.05, 3.63) is 34.3 Å². The summed E-state index contributed by atoms with van der Waals surface area (Å²) in [5.74, 6) is 0.0752. The Bertz CT molecular complexity index is 379. The first-order valence-electron chi connectivity index (χ1n) is 3.81. The molecule has 0 fully saturated rings. The number of Topliss-reactive ketones (excluding diaryl/α,β-unsaturated/α-hetero) is 1. The highest BCUT2D eigenvalue weighted by atomic mass is 35.5. The summed E-state index contributed by atoms with van der Waals surface area (Å²) in [4.78, 5) is 10.8. The number of hydrogen-bond acceptors (Lipinski definition) is 2. The zero-order valence-corrected chi connectivity index (χ0v) is 7.93. The molecule has 2 nitrogen and oxygen atoms in total. The van der Waals surface area contributed by atoms with Crippen molar-refractivity contribution in [2.24, 2.45) is 0 Å². The molecular formula is C10H8ClNO. The van der Waals surface area contributed by atoms with Crippen LogP contribution in [0.2, 0.25) is 5.02 Å². The molecule has 1 rings (SSSR count). The van der Waals surface area contributed by atoms with Gasteiger partial charge < -0.3 is 0 Å². The maximum Gasteiger partial charge on any atom is 0.134 e. The van der Waals surface area contributed by atoms with Gasteiger partial charge in [0, 0.05) is 6.42 Å². The van der Waals surface area contributed by atoms with E-state index in [9.17, 15) is 4.79 Å². The minimum atomic E-state index is 0.0752. The number of carbonyl (C=O) groups excluding carboxylic acids is 1. The van der Waals surface area contributed by atoms with E-state index in [4.69, 9.17) is 16.9 Å². The predicted molar refractivity (Wildman–Crippen MR) is 50.6 cm³/mol. The molecule has 0 spiro atoms. The van der Waals surface area contributed by atoms with Crippen LogP contribution < -0.4 is 0 Å². The normalized spacial score (nSPS) is 9.31. The number of hydrogen-bond donors (Lipinski definition) is 0. The summed E-state index contributed by atoms with van der Waals surface area (Å²) < 4.78 is 0. The average Bonchev–Trinajstić information content (AvgIpc) is 2.07. The maximum atomic E-state index is 10.8. The maximum absolute atomic E-state index is 10.8. The van der Waals surface area contributed by atoms with Crippen molar-refractivity contribution in [1.82, 2.24) is 0 Å². The fourth-order valence-electron chi connectivity index (χ4n) is 1.06. The van der Waals surface area contributed by atoms with Crippen molar-refractivity contribution >= 4 is 17.4 Å². The first-order valence-corrected chi connectivity index (χ1v) is 4.19. The number of ketones is 1. The monoisotopic (exact) mass is 193 g/mol. The second kappa shape index (κ2) is 4.06. The van der Waals surface area contributed by atoms with Gasteiger partial charge in [-0.15, -0.1) is 0 Å². The largest absolute Gasteiger partial charge is 0.300 e. The number of benzene rings is 1. The molecule has 66 valence electrons. The Morgan fingerprint density at radius 3 is 2.85 bits per heavy atom. The van der Waals surface area contributed by atoms with E-state index in [0.29, 0.717) is 17.0 Å². The van der Waals surface area contributed by atoms with Crippen LogP contribution in [0.5, 0.6) is 0 Å². The Morgan fingerprint density at radius 2 is 2.31 bits per heavy atom. The van der Waals surface area contributed by atoms with Crippen molar-refractivity contribution in [3.8, 4) is 6.07 Å². The van der Waals surface area contributed by atoms with Crippen molar-refractivity contribution in [2.45, 2.75) is 13.3 Å². The van der Waals surface area contributed by atoms with Gasteiger partial charge in [0.25, 0.3) is 0 Å². The van der Waals surface area contributed by atoms with Crippen LogP contribution in [0.3, 0.4) is 0 Å². The Hall–Kier alpha value is -1.33. The third kappa shape index (κ3) is 2.57. The second-order valence-corrected chi connectivity index (χ2v) is 3.21. The fourth-order valence-corrected chi connectivity index (χ4v) is 1.22. The predicted octanol–water partition coefficient (Wildman–Crippen LogP) is 2.34. The molecule has 0 aliphatic heterocycles. The molecule has 0 amide bonds. The van der Waals surface area contributed by atoms with Crippen LogP contribution in [0, 0.1) is 11.3 Å². The molecule has 0 bridgehead atoms. The van der Waals surface area contributed by atoms with Crippen LogP contribution >= 0.6 is 11.6 Å². The molecule has 0 unspecified atom stereocenters. The standard InChI is InChI=1S/C10H8ClNO/c1-7(13)4-8-2-3-10(11)9(5-8)6-12/h2-3,5H,4H2,1H3. The number of carbonyl (C=O) groups is 1. The van der Waals surface area contributed by atoms with E-state index >= 15 is 0 Å². The summed E-state index contributed by atoms with van der Waals surface area (Å²) in [6, 6.07) is 7.00. The summed E-state index contributed by atoms with van der Waals surface area (Å²) in [6.07, 6.45) is 0.353. The van der Waals surface area contributed by atoms with E-state index in [0.717, 1.165) is 5.56 Å². The molecule has 1 aromatic rings. The second-order valence-electron chi connectivity index (χ2n) is 2.80. The summed E-state index contributed by atoms with van der Waals surface area (Å²) in [5, 5.41) is 9.08. The first-order chi connectivity index (χ1) is 6.13. The molecule has 0 aromatic heterocycles. The Kier molecular flexibility index (Phi) is 3.05. The van der Waals surface area contributed by atoms with Gasteiger partial charge in [-0.3, -0.25) is 4.79 Å². The smallest absolute Gasteiger partial charge is 0.134 e. The lowest BCUT2D eigenvalue weighted by Crippen LogP contribution is -1.96. The van der Waals surface area contributed by atoms with Crippen molar-refractivity contribution in [2.75, 3.05) is 0 Å². The zero-order chi connectivity index (χ0) is 9.84. The highest BCUT2D eigenvalue weighted by Gasteiger charge is 2.02. The van der Waals surface area contributed by atoms with E-state index < -0.39 is 0 Å². The molecule has 0 saturated carbocycles. The van der Waals surface area contributed by atoms with E-state index in [1.165, 1.54) is 6.92 Å². The molecule has 3 heteroatoms. The zero-order valence-electron chi connectivity index (χ0n) is 7.17. The molecule has 0 aliphatic rings. The third-order valence-corrected chi connectivity index (χ3v) is 1.93. The lowest BCUT2D eigenvalue weighted by molar-refractivity contribution is -0.116. The summed E-state index contributed by atoms with van der Waals surface area (Å²) in [7, 11) is 0. The highest BCUT2D eigenvalue weighted by Crippen LogP contribution is 2.16. The number of halogens is 1. The van der Waals surface area contributed by atoms with Gasteiger partial charge in [0.15, 0.2) is 0 Å². The Balaban J connectivity index is 3.01. The average molecular weight is 194 g/mol. The molecule has 0 aliphatic carbocycles. The molecule has 0 saturated heterocycles. The molecule has 1 aromatic carbocycles. The lowest BCUT2D eigenvalue weighted by Gasteiger charge is -1.99. The molecule has 0 N–H and O–H groups in total. The van der Waals surface area contributed by atoms with E-state index in [1.54, 1.807) is 18.2 Å². The number of nitriles is 1. The topological polar surface area (TPSA) is 40.9 Å². The van der Waals surface area contributed by atoms with Crippen LogP contribution in [0.1, 0.15) is 18.1 Å². The minimum absolute atomic E-state index is 0.0752. The SMILES string of the molecule is CC(=O)Cc1ccc(Cl)c(C#N)c1. The molecule has 13 heavy (non-hydrogen) atoms. The van der Waals surface area contributed by atoms with Gasteiger partial charge in [-0.05, 0) is 24.6 Å². The molecule has 0 atom stereocenters. The van der Waals surface area contributed by atoms with Crippen molar-refractivity contribution < 1.29 is 4.79 Å². The van der Waals surface area contributed by atoms with Gasteiger partial charge in [0.2, 0.25) is 0 Å². The van der Waals surface area contributed by atoms with Crippen LogP contribution in [0.4, 0.5) is 0 Å². The molecule has 0 radical (unpaired) electrons. The minimum Gasteiger partial charge on any atom is -0.300 e. The van der Waals surface area contributed by atoms with Gasteiger partial charge in [-0.25, -0.2) is 0 Å². The third-order valence-electron chi connectivity index (χ3n) is 1.60. The summed E-state index contributed by atoms with van der Waals surface area (Å²) in [6.45, 7) is 1.51. The lowest BCUT2D eigenvalue weighted by atomic mass is 10.1. The number of rotatable bonds is 2. The summed E-state index contributed by atoms with van der Waals surface area (Å²) >= 11 is 5.73. The van der Waals surface area contributed by atoms with Crippen LogP contribution in [-0.2, 0) is 11.2 Å². The first kappa shape index (κ1) is 9.76. The number of nitrogens with zero attached hydrogens (tertiary/aromatic N) is 1. The van der Waals surface area contributed by atoms with Crippen molar-refractivity contribution in [1.29, 1.82) is 5.26 Å². The van der Waals surface area contributed by atoms with E-state index in [-0.39, 0.29) is 5.78 Å². The quantitative estimate of drug-likeness (QED) is 0.724. The van der Waals surface area contributed by atoms with Gasteiger partial charge in [0.1, 0.15) is 11.9 Å². The Morgan fingerprint density at radius 1 is 1.62 bits per heavy atom. The highest BCUT2D eigenvalue weighted by molar-refractivity contribution is 6.31. The van der Waals surface area contributed by atoms with Gasteiger partial charge >= 0.3 is 0 Å². The Labute approximate surface area is 81.7 Å². The van der Waals surface area contributed by atoms with Gasteiger partial charge in [-0.1, -0.05) is 17.7 Å². The molecular weight excluding hydrogens is 186 g/mol. The van der Waals surface area contributed by atoms with Crippen LogP contribution in [0.25, 0.3) is 0 Å². The fraction of sp³-hybridized carbons (Fsp3) is 0.200. The van der Waals surface area contributed by atoms with E-state index in [1.807, 2.05) is 6.07 Å². The van der Waals surface area contributed by atoms with Crippen LogP contribution in [-0.4, -0.2) is 5.78 Å².